The molecule has 1 saturated heterocycles. The van der Waals surface area contributed by atoms with Gasteiger partial charge in [-0.3, -0.25) is 4.79 Å². The second-order valence-corrected chi connectivity index (χ2v) is 4.63. The van der Waals surface area contributed by atoms with Crippen molar-refractivity contribution in [2.75, 3.05) is 24.5 Å². The highest BCUT2D eigenvalue weighted by Crippen LogP contribution is 2.26. The van der Waals surface area contributed by atoms with Crippen LogP contribution in [-0.4, -0.2) is 36.6 Å². The van der Waals surface area contributed by atoms with Gasteiger partial charge in [0, 0.05) is 19.2 Å². The van der Waals surface area contributed by atoms with Gasteiger partial charge in [-0.15, -0.1) is 0 Å². The normalized spacial score (nSPS) is 15.9. The van der Waals surface area contributed by atoms with E-state index in [9.17, 15) is 18.4 Å². The Morgan fingerprint density at radius 1 is 1.33 bits per heavy atom. The molecule has 1 aromatic rings. The summed E-state index contributed by atoms with van der Waals surface area (Å²) in [7, 11) is 0. The van der Waals surface area contributed by atoms with Crippen LogP contribution in [0, 0.1) is 11.6 Å². The summed E-state index contributed by atoms with van der Waals surface area (Å²) < 4.78 is 28.2. The van der Waals surface area contributed by atoms with E-state index >= 15 is 0 Å². The number of carbonyl (C=O) groups excluding carboxylic acids is 1. The first kappa shape index (κ1) is 15.0. The zero-order chi connectivity index (χ0) is 15.4. The minimum absolute atomic E-state index is 0.107. The number of carboxylic acid groups (broad SMARTS) is 1. The summed E-state index contributed by atoms with van der Waals surface area (Å²) in [5, 5.41) is 11.1. The second-order valence-electron chi connectivity index (χ2n) is 4.63. The Balaban J connectivity index is 2.32. The number of carboxylic acids is 1. The molecule has 2 N–H and O–H groups in total. The maximum absolute atomic E-state index is 14.1. The average Bonchev–Trinajstić information content (AvgIpc) is 2.60. The van der Waals surface area contributed by atoms with Crippen molar-refractivity contribution in [1.29, 1.82) is 0 Å². The first-order valence-corrected chi connectivity index (χ1v) is 6.39. The number of halogens is 2. The van der Waals surface area contributed by atoms with E-state index < -0.39 is 17.6 Å². The van der Waals surface area contributed by atoms with Crippen molar-refractivity contribution in [1.82, 2.24) is 5.32 Å². The third-order valence-corrected chi connectivity index (χ3v) is 3.04. The van der Waals surface area contributed by atoms with E-state index in [2.05, 4.69) is 5.32 Å². The maximum Gasteiger partial charge on any atom is 0.328 e. The number of hydrogen-bond acceptors (Lipinski definition) is 3. The number of aliphatic carboxylic acids is 1. The van der Waals surface area contributed by atoms with Crippen LogP contribution in [0.25, 0.3) is 6.08 Å². The number of anilines is 1. The van der Waals surface area contributed by atoms with E-state index in [1.165, 1.54) is 4.90 Å². The number of rotatable bonds is 3. The molecule has 5 nitrogen and oxygen atoms in total. The molecule has 0 saturated carbocycles. The van der Waals surface area contributed by atoms with Gasteiger partial charge in [0.15, 0.2) is 0 Å². The van der Waals surface area contributed by atoms with Gasteiger partial charge in [-0.25, -0.2) is 13.6 Å². The minimum Gasteiger partial charge on any atom is -0.478 e. The van der Waals surface area contributed by atoms with Crippen molar-refractivity contribution in [3.63, 3.8) is 0 Å². The van der Waals surface area contributed by atoms with E-state index in [1.807, 2.05) is 0 Å². The van der Waals surface area contributed by atoms with Gasteiger partial charge in [-0.05, 0) is 30.2 Å². The summed E-state index contributed by atoms with van der Waals surface area (Å²) in [5.41, 5.74) is -0.157. The van der Waals surface area contributed by atoms with Gasteiger partial charge in [0.2, 0.25) is 5.91 Å². The Kier molecular flexibility index (Phi) is 4.52. The van der Waals surface area contributed by atoms with Gasteiger partial charge < -0.3 is 15.3 Å². The Morgan fingerprint density at radius 2 is 2.00 bits per heavy atom. The fourth-order valence-corrected chi connectivity index (χ4v) is 2.15. The summed E-state index contributed by atoms with van der Waals surface area (Å²) in [6.45, 7) is 0.715. The van der Waals surface area contributed by atoms with E-state index in [0.29, 0.717) is 19.5 Å². The Hall–Kier alpha value is -2.44. The molecule has 0 spiro atoms. The van der Waals surface area contributed by atoms with Crippen LogP contribution in [0.2, 0.25) is 0 Å². The van der Waals surface area contributed by atoms with E-state index in [-0.39, 0.29) is 23.7 Å². The lowest BCUT2D eigenvalue weighted by Crippen LogP contribution is -2.34. The topological polar surface area (TPSA) is 69.6 Å². The molecule has 1 fully saturated rings. The smallest absolute Gasteiger partial charge is 0.328 e. The summed E-state index contributed by atoms with van der Waals surface area (Å²) in [4.78, 5) is 23.2. The summed E-state index contributed by atoms with van der Waals surface area (Å²) in [5.74, 6) is -3.14. The van der Waals surface area contributed by atoms with Crippen molar-refractivity contribution in [2.45, 2.75) is 6.42 Å². The number of amides is 1. The lowest BCUT2D eigenvalue weighted by molar-refractivity contribution is -0.131. The predicted molar refractivity (Wildman–Crippen MR) is 72.9 cm³/mol. The molecule has 1 aliphatic heterocycles. The number of nitrogens with zero attached hydrogens (tertiary/aromatic N) is 1. The van der Waals surface area contributed by atoms with Crippen molar-refractivity contribution in [2.24, 2.45) is 0 Å². The minimum atomic E-state index is -1.20. The zero-order valence-corrected chi connectivity index (χ0v) is 11.1. The van der Waals surface area contributed by atoms with Crippen molar-refractivity contribution >= 4 is 23.6 Å². The first-order valence-electron chi connectivity index (χ1n) is 6.39. The van der Waals surface area contributed by atoms with Crippen LogP contribution in [-0.2, 0) is 9.59 Å². The van der Waals surface area contributed by atoms with Gasteiger partial charge in [0.1, 0.15) is 17.3 Å². The molecule has 2 rings (SSSR count). The van der Waals surface area contributed by atoms with Crippen molar-refractivity contribution in [3.8, 4) is 0 Å². The SMILES string of the molecule is O=C(O)C=Cc1cc(F)c(N2CCCNC(=O)C2)c(F)c1. The number of hydrogen-bond donors (Lipinski definition) is 2. The molecular weight excluding hydrogens is 282 g/mol. The summed E-state index contributed by atoms with van der Waals surface area (Å²) in [6.07, 6.45) is 2.49. The van der Waals surface area contributed by atoms with Gasteiger partial charge in [0.05, 0.1) is 6.54 Å². The van der Waals surface area contributed by atoms with Gasteiger partial charge in [0.25, 0.3) is 0 Å². The molecule has 21 heavy (non-hydrogen) atoms. The molecular formula is C14H14F2N2O3. The maximum atomic E-state index is 14.1. The monoisotopic (exact) mass is 296 g/mol. The Bertz CT molecular complexity index is 579. The van der Waals surface area contributed by atoms with Crippen LogP contribution >= 0.6 is 0 Å². The molecule has 0 radical (unpaired) electrons. The highest BCUT2D eigenvalue weighted by Gasteiger charge is 2.21. The number of benzene rings is 1. The van der Waals surface area contributed by atoms with Gasteiger partial charge >= 0.3 is 5.97 Å². The fourth-order valence-electron chi connectivity index (χ4n) is 2.15. The van der Waals surface area contributed by atoms with Crippen LogP contribution in [0.15, 0.2) is 18.2 Å². The largest absolute Gasteiger partial charge is 0.478 e. The number of nitrogens with one attached hydrogen (secondary N) is 1. The molecule has 1 aliphatic rings. The molecule has 1 heterocycles. The Labute approximate surface area is 119 Å². The molecule has 0 bridgehead atoms. The second kappa shape index (κ2) is 6.34. The fraction of sp³-hybridized carbons (Fsp3) is 0.286. The van der Waals surface area contributed by atoms with Crippen molar-refractivity contribution < 1.29 is 23.5 Å². The summed E-state index contributed by atoms with van der Waals surface area (Å²) >= 11 is 0. The lowest BCUT2D eigenvalue weighted by Gasteiger charge is -2.22. The molecule has 0 unspecified atom stereocenters. The molecule has 0 aliphatic carbocycles. The zero-order valence-electron chi connectivity index (χ0n) is 11.1. The summed E-state index contributed by atoms with van der Waals surface area (Å²) in [6, 6.07) is 2.08. The third kappa shape index (κ3) is 3.77. The van der Waals surface area contributed by atoms with Gasteiger partial charge in [-0.1, -0.05) is 0 Å². The third-order valence-electron chi connectivity index (χ3n) is 3.04. The molecule has 0 atom stereocenters. The van der Waals surface area contributed by atoms with Crippen LogP contribution < -0.4 is 10.2 Å². The molecule has 112 valence electrons. The first-order chi connectivity index (χ1) is 9.97. The van der Waals surface area contributed by atoms with E-state index in [0.717, 1.165) is 24.3 Å². The van der Waals surface area contributed by atoms with E-state index in [4.69, 9.17) is 5.11 Å². The van der Waals surface area contributed by atoms with E-state index in [1.54, 1.807) is 0 Å². The predicted octanol–water partition coefficient (Wildman–Crippen LogP) is 1.39. The van der Waals surface area contributed by atoms with Crippen LogP contribution in [0.1, 0.15) is 12.0 Å². The number of carbonyl (C=O) groups is 2. The van der Waals surface area contributed by atoms with Crippen LogP contribution in [0.3, 0.4) is 0 Å². The molecule has 1 aromatic carbocycles. The highest BCUT2D eigenvalue weighted by atomic mass is 19.1. The quantitative estimate of drug-likeness (QED) is 0.827. The standard InChI is InChI=1S/C14H14F2N2O3/c15-10-6-9(2-3-13(20)21)7-11(16)14(10)18-5-1-4-17-12(19)8-18/h2-3,6-7H,1,4-5,8H2,(H,17,19)(H,20,21). The lowest BCUT2D eigenvalue weighted by atomic mass is 10.1. The Morgan fingerprint density at radius 3 is 2.62 bits per heavy atom. The highest BCUT2D eigenvalue weighted by molar-refractivity contribution is 5.85. The molecule has 1 amide bonds. The van der Waals surface area contributed by atoms with Crippen LogP contribution in [0.5, 0.6) is 0 Å². The molecule has 0 aromatic heterocycles. The van der Waals surface area contributed by atoms with Crippen molar-refractivity contribution in [3.05, 3.63) is 35.4 Å². The van der Waals surface area contributed by atoms with Gasteiger partial charge in [-0.2, -0.15) is 0 Å². The van der Waals surface area contributed by atoms with Crippen LogP contribution in [0.4, 0.5) is 14.5 Å². The molecule has 7 heteroatoms. The average molecular weight is 296 g/mol.